The molecule has 7 heteroatoms. The first kappa shape index (κ1) is 21.4. The number of aryl methyl sites for hydroxylation is 1. The maximum atomic E-state index is 13.0. The summed E-state index contributed by atoms with van der Waals surface area (Å²) in [6, 6.07) is 12.9. The quantitative estimate of drug-likeness (QED) is 0.511. The summed E-state index contributed by atoms with van der Waals surface area (Å²) in [6.07, 6.45) is 3.63. The van der Waals surface area contributed by atoms with Crippen molar-refractivity contribution in [1.29, 1.82) is 0 Å². The molecule has 0 bridgehead atoms. The molecule has 30 heavy (non-hydrogen) atoms. The number of H-pyrrole nitrogens is 1. The maximum absolute atomic E-state index is 13.0. The molecule has 0 aliphatic heterocycles. The molecule has 0 unspecified atom stereocenters. The van der Waals surface area contributed by atoms with E-state index in [4.69, 9.17) is 4.74 Å². The van der Waals surface area contributed by atoms with Crippen molar-refractivity contribution in [3.63, 3.8) is 0 Å². The van der Waals surface area contributed by atoms with Gasteiger partial charge in [0, 0.05) is 30.9 Å². The second-order valence-electron chi connectivity index (χ2n) is 7.21. The Morgan fingerprint density at radius 1 is 1.13 bits per heavy atom. The van der Waals surface area contributed by atoms with Crippen molar-refractivity contribution in [2.75, 3.05) is 20.7 Å². The average molecular weight is 411 g/mol. The summed E-state index contributed by atoms with van der Waals surface area (Å²) in [6.45, 7) is 0.605. The fourth-order valence-electron chi connectivity index (χ4n) is 3.23. The lowest BCUT2D eigenvalue weighted by atomic mass is 10.1. The van der Waals surface area contributed by atoms with Crippen LogP contribution in [0.1, 0.15) is 35.3 Å². The van der Waals surface area contributed by atoms with Crippen LogP contribution in [0.5, 0.6) is 11.5 Å². The van der Waals surface area contributed by atoms with E-state index in [1.165, 1.54) is 25.3 Å². The Morgan fingerprint density at radius 3 is 2.60 bits per heavy atom. The van der Waals surface area contributed by atoms with Crippen LogP contribution >= 0.6 is 0 Å². The molecule has 1 heterocycles. The molecule has 158 valence electrons. The van der Waals surface area contributed by atoms with Gasteiger partial charge in [0.05, 0.1) is 18.4 Å². The summed E-state index contributed by atoms with van der Waals surface area (Å²) in [5, 5.41) is 17.3. The number of halogens is 1. The number of ether oxygens (including phenoxy) is 1. The molecule has 3 aromatic rings. The number of amides is 1. The fourth-order valence-corrected chi connectivity index (χ4v) is 3.23. The highest BCUT2D eigenvalue weighted by Crippen LogP contribution is 2.24. The highest BCUT2D eigenvalue weighted by molar-refractivity contribution is 5.96. The molecule has 0 atom stereocenters. The molecule has 1 aromatic heterocycles. The summed E-state index contributed by atoms with van der Waals surface area (Å²) in [5.41, 5.74) is 2.97. The van der Waals surface area contributed by atoms with E-state index in [0.717, 1.165) is 42.6 Å². The molecule has 0 saturated carbocycles. The van der Waals surface area contributed by atoms with Gasteiger partial charge in [-0.15, -0.1) is 0 Å². The first-order valence-electron chi connectivity index (χ1n) is 9.90. The van der Waals surface area contributed by atoms with Gasteiger partial charge in [-0.1, -0.05) is 6.42 Å². The monoisotopic (exact) mass is 411 g/mol. The van der Waals surface area contributed by atoms with Crippen molar-refractivity contribution in [2.45, 2.75) is 25.7 Å². The van der Waals surface area contributed by atoms with E-state index in [-0.39, 0.29) is 23.0 Å². The van der Waals surface area contributed by atoms with Crippen molar-refractivity contribution in [3.8, 4) is 22.8 Å². The molecule has 3 rings (SSSR count). The van der Waals surface area contributed by atoms with Crippen LogP contribution in [0.25, 0.3) is 11.3 Å². The number of nitrogens with one attached hydrogen (secondary N) is 1. The van der Waals surface area contributed by atoms with Gasteiger partial charge in [0.25, 0.3) is 5.91 Å². The van der Waals surface area contributed by atoms with Gasteiger partial charge in [0.2, 0.25) is 0 Å². The predicted molar refractivity (Wildman–Crippen MR) is 113 cm³/mol. The van der Waals surface area contributed by atoms with Crippen LogP contribution in [0, 0.1) is 5.82 Å². The summed E-state index contributed by atoms with van der Waals surface area (Å²) in [4.78, 5) is 14.1. The van der Waals surface area contributed by atoms with E-state index < -0.39 is 0 Å². The number of rotatable bonds is 9. The zero-order chi connectivity index (χ0) is 21.5. The lowest BCUT2D eigenvalue weighted by Gasteiger charge is -2.18. The number of methoxy groups -OCH3 is 1. The molecule has 2 aromatic carbocycles. The van der Waals surface area contributed by atoms with Crippen molar-refractivity contribution in [2.24, 2.45) is 0 Å². The Morgan fingerprint density at radius 2 is 1.90 bits per heavy atom. The van der Waals surface area contributed by atoms with Crippen molar-refractivity contribution in [3.05, 3.63) is 65.6 Å². The molecule has 1 amide bonds. The molecular formula is C23H26FN3O3. The number of hydrogen-bond donors (Lipinski definition) is 2. The van der Waals surface area contributed by atoms with E-state index in [9.17, 15) is 14.3 Å². The van der Waals surface area contributed by atoms with E-state index in [0.29, 0.717) is 12.3 Å². The number of benzene rings is 2. The van der Waals surface area contributed by atoms with Crippen molar-refractivity contribution < 1.29 is 19.0 Å². The zero-order valence-electron chi connectivity index (χ0n) is 17.2. The van der Waals surface area contributed by atoms with Gasteiger partial charge in [-0.05, 0) is 61.7 Å². The molecule has 2 N–H and O–H groups in total. The fraction of sp³-hybridized carbons (Fsp3) is 0.304. The summed E-state index contributed by atoms with van der Waals surface area (Å²) >= 11 is 0. The number of unbranched alkanes of at least 4 members (excludes halogenated alkanes) is 2. The molecule has 0 radical (unpaired) electrons. The average Bonchev–Trinajstić information content (AvgIpc) is 3.22. The lowest BCUT2D eigenvalue weighted by Crippen LogP contribution is -2.27. The second-order valence-corrected chi connectivity index (χ2v) is 7.21. The number of hydrogen-bond acceptors (Lipinski definition) is 4. The molecule has 0 spiro atoms. The minimum atomic E-state index is -0.264. The van der Waals surface area contributed by atoms with E-state index in [1.807, 2.05) is 6.07 Å². The zero-order valence-corrected chi connectivity index (χ0v) is 17.2. The first-order chi connectivity index (χ1) is 14.5. The minimum Gasteiger partial charge on any atom is -0.507 e. The van der Waals surface area contributed by atoms with Crippen LogP contribution in [0.2, 0.25) is 0 Å². The third-order valence-electron chi connectivity index (χ3n) is 4.99. The van der Waals surface area contributed by atoms with Crippen LogP contribution < -0.4 is 4.74 Å². The van der Waals surface area contributed by atoms with Gasteiger partial charge < -0.3 is 14.7 Å². The maximum Gasteiger partial charge on any atom is 0.257 e. The Hall–Kier alpha value is -3.35. The molecule has 0 fully saturated rings. The third kappa shape index (κ3) is 5.37. The second kappa shape index (κ2) is 9.91. The molecule has 0 saturated heterocycles. The summed E-state index contributed by atoms with van der Waals surface area (Å²) in [7, 11) is 3.24. The van der Waals surface area contributed by atoms with E-state index >= 15 is 0 Å². The molecule has 0 aliphatic carbocycles. The van der Waals surface area contributed by atoms with E-state index in [1.54, 1.807) is 36.2 Å². The van der Waals surface area contributed by atoms with Crippen LogP contribution in [-0.4, -0.2) is 46.8 Å². The first-order valence-corrected chi connectivity index (χ1v) is 9.90. The number of aromatic nitrogens is 2. The summed E-state index contributed by atoms with van der Waals surface area (Å²) in [5.74, 6) is -0.0525. The largest absolute Gasteiger partial charge is 0.507 e. The Kier molecular flexibility index (Phi) is 7.06. The SMILES string of the molecule is COc1ccc(C(=O)N(C)CCCCCc2cc(-c3ccc(F)cc3)n[nH]2)c(O)c1. The Labute approximate surface area is 175 Å². The third-order valence-corrected chi connectivity index (χ3v) is 4.99. The normalized spacial score (nSPS) is 10.8. The smallest absolute Gasteiger partial charge is 0.257 e. The highest BCUT2D eigenvalue weighted by atomic mass is 19.1. The molecule has 6 nitrogen and oxygen atoms in total. The Balaban J connectivity index is 1.42. The minimum absolute atomic E-state index is 0.0811. The lowest BCUT2D eigenvalue weighted by molar-refractivity contribution is 0.0789. The molecule has 0 aliphatic rings. The standard InChI is InChI=1S/C23H26FN3O3/c1-27(23(29)20-12-11-19(30-2)15-22(20)28)13-5-3-4-6-18-14-21(26-25-18)16-7-9-17(24)10-8-16/h7-12,14-15,28H,3-6,13H2,1-2H3,(H,25,26). The number of carbonyl (C=O) groups excluding carboxylic acids is 1. The van der Waals surface area contributed by atoms with Gasteiger partial charge in [-0.3, -0.25) is 9.89 Å². The number of aromatic hydroxyl groups is 1. The Bertz CT molecular complexity index is 986. The van der Waals surface area contributed by atoms with Crippen LogP contribution in [-0.2, 0) is 6.42 Å². The predicted octanol–water partition coefficient (Wildman–Crippen LogP) is 4.42. The molecular weight excluding hydrogens is 385 g/mol. The van der Waals surface area contributed by atoms with Crippen molar-refractivity contribution in [1.82, 2.24) is 15.1 Å². The van der Waals surface area contributed by atoms with Gasteiger partial charge in [-0.25, -0.2) is 4.39 Å². The van der Waals surface area contributed by atoms with Crippen molar-refractivity contribution >= 4 is 5.91 Å². The number of phenolic OH excluding ortho intramolecular Hbond substituents is 1. The number of aromatic amines is 1. The number of phenols is 1. The van der Waals surface area contributed by atoms with Crippen LogP contribution in [0.15, 0.2) is 48.5 Å². The highest BCUT2D eigenvalue weighted by Gasteiger charge is 2.16. The van der Waals surface area contributed by atoms with Gasteiger partial charge in [-0.2, -0.15) is 5.10 Å². The van der Waals surface area contributed by atoms with Gasteiger partial charge in [0.1, 0.15) is 17.3 Å². The number of carbonyl (C=O) groups is 1. The van der Waals surface area contributed by atoms with Crippen LogP contribution in [0.3, 0.4) is 0 Å². The summed E-state index contributed by atoms with van der Waals surface area (Å²) < 4.78 is 18.1. The van der Waals surface area contributed by atoms with E-state index in [2.05, 4.69) is 10.2 Å². The van der Waals surface area contributed by atoms with Crippen LogP contribution in [0.4, 0.5) is 4.39 Å². The van der Waals surface area contributed by atoms with Gasteiger partial charge >= 0.3 is 0 Å². The topological polar surface area (TPSA) is 78.5 Å². The van der Waals surface area contributed by atoms with Gasteiger partial charge in [0.15, 0.2) is 0 Å². The number of nitrogens with zero attached hydrogens (tertiary/aromatic N) is 2.